The molecule has 0 aromatic heterocycles. The van der Waals surface area contributed by atoms with Crippen LogP contribution in [-0.4, -0.2) is 36.9 Å². The van der Waals surface area contributed by atoms with Gasteiger partial charge >= 0.3 is 5.97 Å². The van der Waals surface area contributed by atoms with E-state index in [1.807, 2.05) is 68.4 Å². The summed E-state index contributed by atoms with van der Waals surface area (Å²) < 4.78 is 16.5. The molecule has 0 saturated heterocycles. The summed E-state index contributed by atoms with van der Waals surface area (Å²) in [4.78, 5) is 23.6. The van der Waals surface area contributed by atoms with Gasteiger partial charge in [0.05, 0.1) is 6.42 Å². The molecule has 2 N–H and O–H groups in total. The third kappa shape index (κ3) is 5.55. The molecule has 172 valence electrons. The van der Waals surface area contributed by atoms with E-state index in [0.717, 1.165) is 21.9 Å². The minimum absolute atomic E-state index is 0.0582. The molecule has 0 bridgehead atoms. The predicted molar refractivity (Wildman–Crippen MR) is 124 cm³/mol. The molecule has 0 aliphatic carbocycles. The number of ether oxygens (including phenoxy) is 3. The number of hydrogen-bond donors (Lipinski definition) is 2. The van der Waals surface area contributed by atoms with Crippen molar-refractivity contribution in [1.29, 1.82) is 0 Å². The van der Waals surface area contributed by atoms with Crippen LogP contribution < -0.4 is 19.5 Å². The van der Waals surface area contributed by atoms with Gasteiger partial charge in [-0.1, -0.05) is 44.2 Å². The van der Waals surface area contributed by atoms with Crippen LogP contribution in [-0.2, 0) is 9.59 Å². The Morgan fingerprint density at radius 2 is 1.70 bits per heavy atom. The maximum Gasteiger partial charge on any atom is 0.304 e. The normalized spacial score (nSPS) is 13.2. The predicted octanol–water partition coefficient (Wildman–Crippen LogP) is 4.33. The zero-order valence-corrected chi connectivity index (χ0v) is 18.7. The lowest BCUT2D eigenvalue weighted by Gasteiger charge is -2.17. The van der Waals surface area contributed by atoms with E-state index in [4.69, 9.17) is 14.2 Å². The van der Waals surface area contributed by atoms with Crippen molar-refractivity contribution in [1.82, 2.24) is 5.32 Å². The van der Waals surface area contributed by atoms with Gasteiger partial charge in [0.2, 0.25) is 6.79 Å². The van der Waals surface area contributed by atoms with Crippen molar-refractivity contribution in [3.05, 3.63) is 65.7 Å². The lowest BCUT2D eigenvalue weighted by molar-refractivity contribution is -0.137. The molecule has 33 heavy (non-hydrogen) atoms. The van der Waals surface area contributed by atoms with Gasteiger partial charge in [-0.3, -0.25) is 9.59 Å². The number of hydrogen-bond acceptors (Lipinski definition) is 5. The molecule has 0 radical (unpaired) electrons. The van der Waals surface area contributed by atoms with Crippen molar-refractivity contribution >= 4 is 22.6 Å². The Labute approximate surface area is 192 Å². The van der Waals surface area contributed by atoms with Gasteiger partial charge < -0.3 is 24.6 Å². The van der Waals surface area contributed by atoms with E-state index in [2.05, 4.69) is 5.32 Å². The highest BCUT2D eigenvalue weighted by molar-refractivity contribution is 5.85. The van der Waals surface area contributed by atoms with E-state index in [1.54, 1.807) is 0 Å². The third-order valence-electron chi connectivity index (χ3n) is 5.49. The molecule has 1 aliphatic rings. The van der Waals surface area contributed by atoms with E-state index in [0.29, 0.717) is 29.7 Å². The van der Waals surface area contributed by atoms with Crippen LogP contribution in [0, 0.1) is 5.92 Å². The van der Waals surface area contributed by atoms with Crippen molar-refractivity contribution in [2.75, 3.05) is 19.9 Å². The maximum absolute atomic E-state index is 12.0. The molecular formula is C26H27NO6. The van der Waals surface area contributed by atoms with Crippen molar-refractivity contribution < 1.29 is 28.9 Å². The average Bonchev–Trinajstić information content (AvgIpc) is 3.27. The van der Waals surface area contributed by atoms with E-state index in [9.17, 15) is 14.7 Å². The number of rotatable bonds is 9. The molecule has 1 unspecified atom stereocenters. The van der Waals surface area contributed by atoms with Gasteiger partial charge in [0, 0.05) is 12.5 Å². The highest BCUT2D eigenvalue weighted by atomic mass is 16.7. The molecule has 1 amide bonds. The summed E-state index contributed by atoms with van der Waals surface area (Å²) in [5.41, 5.74) is 1.71. The minimum Gasteiger partial charge on any atom is -0.484 e. The van der Waals surface area contributed by atoms with Crippen molar-refractivity contribution in [3.8, 4) is 17.2 Å². The van der Waals surface area contributed by atoms with Crippen LogP contribution in [0.15, 0.2) is 54.6 Å². The fourth-order valence-electron chi connectivity index (χ4n) is 3.80. The summed E-state index contributed by atoms with van der Waals surface area (Å²) in [5, 5.41) is 14.3. The molecule has 7 heteroatoms. The van der Waals surface area contributed by atoms with E-state index < -0.39 is 5.97 Å². The van der Waals surface area contributed by atoms with Crippen LogP contribution >= 0.6 is 0 Å². The van der Waals surface area contributed by atoms with Gasteiger partial charge in [-0.05, 0) is 52.1 Å². The third-order valence-corrected chi connectivity index (χ3v) is 5.49. The zero-order valence-electron chi connectivity index (χ0n) is 18.7. The van der Waals surface area contributed by atoms with Crippen LogP contribution in [0.25, 0.3) is 10.8 Å². The number of nitrogens with one attached hydrogen (secondary N) is 1. The fourth-order valence-corrected chi connectivity index (χ4v) is 3.80. The second-order valence-corrected chi connectivity index (χ2v) is 8.52. The Bertz CT molecular complexity index is 1170. The molecule has 1 aliphatic heterocycles. The second kappa shape index (κ2) is 9.81. The molecule has 0 fully saturated rings. The van der Waals surface area contributed by atoms with Crippen molar-refractivity contribution in [2.45, 2.75) is 26.2 Å². The number of carbonyl (C=O) groups excluding carboxylic acids is 1. The van der Waals surface area contributed by atoms with Gasteiger partial charge in [0.1, 0.15) is 5.75 Å². The van der Waals surface area contributed by atoms with Crippen LogP contribution in [0.4, 0.5) is 0 Å². The molecule has 3 aromatic carbocycles. The SMILES string of the molecule is CC(C)CNC(=O)COc1ccc2ccc(C(CC(=O)O)c3ccc4c(c3)OCO4)cc2c1. The van der Waals surface area contributed by atoms with Crippen LogP contribution in [0.1, 0.15) is 37.3 Å². The number of carboxylic acid groups (broad SMARTS) is 1. The van der Waals surface area contributed by atoms with Gasteiger partial charge in [-0.15, -0.1) is 0 Å². The fraction of sp³-hybridized carbons (Fsp3) is 0.308. The highest BCUT2D eigenvalue weighted by Gasteiger charge is 2.22. The van der Waals surface area contributed by atoms with Crippen LogP contribution in [0.2, 0.25) is 0 Å². The average molecular weight is 450 g/mol. The molecule has 1 heterocycles. The first kappa shape index (κ1) is 22.5. The monoisotopic (exact) mass is 449 g/mol. The number of carboxylic acids is 1. The molecule has 0 saturated carbocycles. The van der Waals surface area contributed by atoms with Gasteiger partial charge in [0.25, 0.3) is 5.91 Å². The smallest absolute Gasteiger partial charge is 0.304 e. The number of fused-ring (bicyclic) bond motifs is 2. The topological polar surface area (TPSA) is 94.1 Å². The summed E-state index contributed by atoms with van der Waals surface area (Å²) in [6.45, 7) is 4.77. The van der Waals surface area contributed by atoms with Crippen LogP contribution in [0.5, 0.6) is 17.2 Å². The van der Waals surface area contributed by atoms with E-state index in [-0.39, 0.29) is 31.6 Å². The van der Waals surface area contributed by atoms with Gasteiger partial charge in [-0.2, -0.15) is 0 Å². The molecule has 7 nitrogen and oxygen atoms in total. The summed E-state index contributed by atoms with van der Waals surface area (Å²) in [5.74, 6) is 0.825. The molecular weight excluding hydrogens is 422 g/mol. The zero-order chi connectivity index (χ0) is 23.4. The number of amides is 1. The lowest BCUT2D eigenvalue weighted by Crippen LogP contribution is -2.31. The molecule has 0 spiro atoms. The summed E-state index contributed by atoms with van der Waals surface area (Å²) in [7, 11) is 0. The Hall–Kier alpha value is -3.74. The Kier molecular flexibility index (Phi) is 6.68. The van der Waals surface area contributed by atoms with E-state index >= 15 is 0 Å². The first-order valence-corrected chi connectivity index (χ1v) is 10.9. The van der Waals surface area contributed by atoms with E-state index in [1.165, 1.54) is 0 Å². The number of benzene rings is 3. The quantitative estimate of drug-likeness (QED) is 0.505. The summed E-state index contributed by atoms with van der Waals surface area (Å²) in [6, 6.07) is 17.0. The second-order valence-electron chi connectivity index (χ2n) is 8.52. The van der Waals surface area contributed by atoms with Crippen molar-refractivity contribution in [2.24, 2.45) is 5.92 Å². The standard InChI is InChI=1S/C26H27NO6/c1-16(2)13-27-25(28)14-31-21-7-5-17-3-4-18(9-20(17)10-21)22(12-26(29)30)19-6-8-23-24(11-19)33-15-32-23/h3-11,16,22H,12-15H2,1-2H3,(H,27,28)(H,29,30). The summed E-state index contributed by atoms with van der Waals surface area (Å²) in [6.07, 6.45) is -0.0582. The molecule has 1 atom stereocenters. The number of aliphatic carboxylic acids is 1. The Morgan fingerprint density at radius 3 is 2.48 bits per heavy atom. The largest absolute Gasteiger partial charge is 0.484 e. The van der Waals surface area contributed by atoms with Gasteiger partial charge in [-0.25, -0.2) is 0 Å². The first-order valence-electron chi connectivity index (χ1n) is 10.9. The number of carbonyl (C=O) groups is 2. The molecule has 4 rings (SSSR count). The van der Waals surface area contributed by atoms with Crippen molar-refractivity contribution in [3.63, 3.8) is 0 Å². The molecule has 3 aromatic rings. The highest BCUT2D eigenvalue weighted by Crippen LogP contribution is 2.38. The van der Waals surface area contributed by atoms with Crippen LogP contribution in [0.3, 0.4) is 0 Å². The first-order chi connectivity index (χ1) is 15.9. The minimum atomic E-state index is -0.887. The van der Waals surface area contributed by atoms with Gasteiger partial charge in [0.15, 0.2) is 18.1 Å². The Balaban J connectivity index is 1.57. The lowest BCUT2D eigenvalue weighted by atomic mass is 9.87. The summed E-state index contributed by atoms with van der Waals surface area (Å²) >= 11 is 0. The maximum atomic E-state index is 12.0. The Morgan fingerprint density at radius 1 is 0.970 bits per heavy atom.